The lowest BCUT2D eigenvalue weighted by atomic mass is 10.2. The molecule has 0 radical (unpaired) electrons. The van der Waals surface area contributed by atoms with Crippen LogP contribution in [0.2, 0.25) is 0 Å². The molecule has 1 aromatic carbocycles. The zero-order chi connectivity index (χ0) is 15.4. The van der Waals surface area contributed by atoms with Gasteiger partial charge in [0.1, 0.15) is 5.75 Å². The van der Waals surface area contributed by atoms with Crippen LogP contribution in [0.5, 0.6) is 5.75 Å². The van der Waals surface area contributed by atoms with Gasteiger partial charge in [-0.05, 0) is 55.6 Å². The van der Waals surface area contributed by atoms with Crippen LogP contribution in [0.1, 0.15) is 31.2 Å². The lowest BCUT2D eigenvalue weighted by Crippen LogP contribution is -2.43. The summed E-state index contributed by atoms with van der Waals surface area (Å²) in [6.07, 6.45) is 5.09. The fourth-order valence-corrected chi connectivity index (χ4v) is 3.09. The molecule has 3 rings (SSSR count). The van der Waals surface area contributed by atoms with Crippen molar-refractivity contribution in [2.24, 2.45) is 0 Å². The molecule has 1 atom stereocenters. The molecule has 0 bridgehead atoms. The molecule has 1 aliphatic heterocycles. The summed E-state index contributed by atoms with van der Waals surface area (Å²) < 4.78 is 10.9. The van der Waals surface area contributed by atoms with Crippen LogP contribution in [0.4, 0.5) is 0 Å². The Morgan fingerprint density at radius 1 is 1.32 bits per heavy atom. The molecular weight excluding hydrogens is 296 g/mol. The van der Waals surface area contributed by atoms with E-state index in [2.05, 4.69) is 22.3 Å². The molecule has 1 saturated carbocycles. The van der Waals surface area contributed by atoms with Crippen LogP contribution in [0.3, 0.4) is 0 Å². The van der Waals surface area contributed by atoms with Crippen LogP contribution in [0, 0.1) is 0 Å². The van der Waals surface area contributed by atoms with Crippen molar-refractivity contribution < 1.29 is 9.47 Å². The van der Waals surface area contributed by atoms with Gasteiger partial charge in [0.15, 0.2) is 5.11 Å². The Bertz CT molecular complexity index is 496. The van der Waals surface area contributed by atoms with Gasteiger partial charge < -0.3 is 19.7 Å². The minimum atomic E-state index is 0.319. The predicted octanol–water partition coefficient (Wildman–Crippen LogP) is 2.71. The van der Waals surface area contributed by atoms with Crippen LogP contribution >= 0.6 is 12.2 Å². The maximum Gasteiger partial charge on any atom is 0.169 e. The molecule has 4 nitrogen and oxygen atoms in total. The molecule has 1 aromatic rings. The standard InChI is InChI=1S/C17H24N2O2S/c1-20-15-8-4-13(5-9-15)12-19(14-6-7-14)17(22)18-11-16-3-2-10-21-16/h4-5,8-9,14,16H,2-3,6-7,10-12H2,1H3,(H,18,22)/t16-/m0/s1. The maximum absolute atomic E-state index is 5.65. The topological polar surface area (TPSA) is 33.7 Å². The van der Waals surface area contributed by atoms with Gasteiger partial charge >= 0.3 is 0 Å². The smallest absolute Gasteiger partial charge is 0.169 e. The molecule has 0 spiro atoms. The quantitative estimate of drug-likeness (QED) is 0.815. The summed E-state index contributed by atoms with van der Waals surface area (Å²) in [7, 11) is 1.69. The van der Waals surface area contributed by atoms with Crippen molar-refractivity contribution in [3.8, 4) is 5.75 Å². The summed E-state index contributed by atoms with van der Waals surface area (Å²) in [5, 5.41) is 4.25. The summed E-state index contributed by atoms with van der Waals surface area (Å²) in [6, 6.07) is 8.81. The molecule has 2 aliphatic rings. The van der Waals surface area contributed by atoms with Crippen molar-refractivity contribution in [2.45, 2.75) is 44.4 Å². The minimum absolute atomic E-state index is 0.319. The number of thiocarbonyl (C=S) groups is 1. The summed E-state index contributed by atoms with van der Waals surface area (Å²) in [5.41, 5.74) is 1.26. The van der Waals surface area contributed by atoms with E-state index in [4.69, 9.17) is 21.7 Å². The van der Waals surface area contributed by atoms with Crippen LogP contribution in [0.15, 0.2) is 24.3 Å². The molecule has 0 unspecified atom stereocenters. The highest BCUT2D eigenvalue weighted by Gasteiger charge is 2.31. The molecule has 1 aliphatic carbocycles. The first-order valence-electron chi connectivity index (χ1n) is 8.05. The molecule has 0 amide bonds. The number of ether oxygens (including phenoxy) is 2. The van der Waals surface area contributed by atoms with Crippen molar-refractivity contribution >= 4 is 17.3 Å². The Morgan fingerprint density at radius 2 is 2.09 bits per heavy atom. The van der Waals surface area contributed by atoms with Crippen LogP contribution in [0.25, 0.3) is 0 Å². The van der Waals surface area contributed by atoms with Crippen LogP contribution in [-0.4, -0.2) is 42.4 Å². The van der Waals surface area contributed by atoms with Gasteiger partial charge in [-0.25, -0.2) is 0 Å². The zero-order valence-corrected chi connectivity index (χ0v) is 13.9. The van der Waals surface area contributed by atoms with Crippen molar-refractivity contribution in [3.63, 3.8) is 0 Å². The number of rotatable bonds is 6. The monoisotopic (exact) mass is 320 g/mol. The van der Waals surface area contributed by atoms with Crippen LogP contribution in [-0.2, 0) is 11.3 Å². The zero-order valence-electron chi connectivity index (χ0n) is 13.1. The molecule has 5 heteroatoms. The highest BCUT2D eigenvalue weighted by Crippen LogP contribution is 2.29. The second-order valence-electron chi connectivity index (χ2n) is 6.03. The van der Waals surface area contributed by atoms with E-state index in [-0.39, 0.29) is 0 Å². The number of nitrogens with zero attached hydrogens (tertiary/aromatic N) is 1. The maximum atomic E-state index is 5.65. The van der Waals surface area contributed by atoms with Gasteiger partial charge in [-0.2, -0.15) is 0 Å². The van der Waals surface area contributed by atoms with E-state index < -0.39 is 0 Å². The van der Waals surface area contributed by atoms with Crippen LogP contribution < -0.4 is 10.1 Å². The van der Waals surface area contributed by atoms with Gasteiger partial charge in [-0.1, -0.05) is 12.1 Å². The fraction of sp³-hybridized carbons (Fsp3) is 0.588. The number of benzene rings is 1. The van der Waals surface area contributed by atoms with Crippen molar-refractivity contribution in [1.29, 1.82) is 0 Å². The van der Waals surface area contributed by atoms with Crippen molar-refractivity contribution in [2.75, 3.05) is 20.3 Å². The molecular formula is C17H24N2O2S. The number of methoxy groups -OCH3 is 1. The fourth-order valence-electron chi connectivity index (χ4n) is 2.79. The van der Waals surface area contributed by atoms with E-state index in [0.29, 0.717) is 12.1 Å². The third kappa shape index (κ3) is 4.11. The first kappa shape index (κ1) is 15.6. The average Bonchev–Trinajstić information content (AvgIpc) is 3.26. The lowest BCUT2D eigenvalue weighted by molar-refractivity contribution is 0.113. The Hall–Kier alpha value is -1.33. The van der Waals surface area contributed by atoms with Crippen molar-refractivity contribution in [3.05, 3.63) is 29.8 Å². The van der Waals surface area contributed by atoms with Gasteiger partial charge in [0.25, 0.3) is 0 Å². The van der Waals surface area contributed by atoms with Gasteiger partial charge in [0.05, 0.1) is 13.2 Å². The Kier molecular flexibility index (Phi) is 5.16. The van der Waals surface area contributed by atoms with E-state index in [1.54, 1.807) is 7.11 Å². The summed E-state index contributed by atoms with van der Waals surface area (Å²) >= 11 is 5.61. The summed E-state index contributed by atoms with van der Waals surface area (Å²) in [4.78, 5) is 2.31. The SMILES string of the molecule is COc1ccc(CN(C(=S)NC[C@@H]2CCCO2)C2CC2)cc1. The first-order valence-corrected chi connectivity index (χ1v) is 8.46. The average molecular weight is 320 g/mol. The molecule has 1 heterocycles. The van der Waals surface area contributed by atoms with E-state index in [0.717, 1.165) is 43.4 Å². The molecule has 120 valence electrons. The minimum Gasteiger partial charge on any atom is -0.497 e. The van der Waals surface area contributed by atoms with Gasteiger partial charge in [-0.15, -0.1) is 0 Å². The third-order valence-corrected chi connectivity index (χ3v) is 4.64. The Morgan fingerprint density at radius 3 is 2.68 bits per heavy atom. The van der Waals surface area contributed by atoms with E-state index in [9.17, 15) is 0 Å². The molecule has 2 fully saturated rings. The highest BCUT2D eigenvalue weighted by molar-refractivity contribution is 7.80. The predicted molar refractivity (Wildman–Crippen MR) is 91.1 cm³/mol. The lowest BCUT2D eigenvalue weighted by Gasteiger charge is -2.27. The largest absolute Gasteiger partial charge is 0.497 e. The molecule has 0 aromatic heterocycles. The second kappa shape index (κ2) is 7.29. The van der Waals surface area contributed by atoms with E-state index in [1.165, 1.54) is 18.4 Å². The molecule has 1 N–H and O–H groups in total. The number of hydrogen-bond acceptors (Lipinski definition) is 3. The molecule has 1 saturated heterocycles. The van der Waals surface area contributed by atoms with Gasteiger partial charge in [0, 0.05) is 25.7 Å². The first-order chi connectivity index (χ1) is 10.8. The van der Waals surface area contributed by atoms with Crippen molar-refractivity contribution in [1.82, 2.24) is 10.2 Å². The van der Waals surface area contributed by atoms with Gasteiger partial charge in [0.2, 0.25) is 0 Å². The third-order valence-electron chi connectivity index (χ3n) is 4.27. The number of hydrogen-bond donors (Lipinski definition) is 1. The molecule has 22 heavy (non-hydrogen) atoms. The Balaban J connectivity index is 1.55. The van der Waals surface area contributed by atoms with E-state index in [1.807, 2.05) is 12.1 Å². The Labute approximate surface area is 137 Å². The highest BCUT2D eigenvalue weighted by atomic mass is 32.1. The summed E-state index contributed by atoms with van der Waals surface area (Å²) in [5.74, 6) is 0.890. The summed E-state index contributed by atoms with van der Waals surface area (Å²) in [6.45, 7) is 2.56. The second-order valence-corrected chi connectivity index (χ2v) is 6.41. The van der Waals surface area contributed by atoms with E-state index >= 15 is 0 Å². The normalized spacial score (nSPS) is 20.7. The number of nitrogens with one attached hydrogen (secondary N) is 1. The van der Waals surface area contributed by atoms with Gasteiger partial charge in [-0.3, -0.25) is 0 Å².